The van der Waals surface area contributed by atoms with Crippen LogP contribution in [0.5, 0.6) is 0 Å². The summed E-state index contributed by atoms with van der Waals surface area (Å²) in [5.74, 6) is 0. The molecule has 78 valence electrons. The third-order valence-corrected chi connectivity index (χ3v) is 3.17. The molecule has 0 aliphatic rings. The number of thiazole rings is 1. The lowest BCUT2D eigenvalue weighted by molar-refractivity contribution is 0.922. The standard InChI is InChI=1S/C12H14N2S/c1-9-14-11(12(13)15-9)8-7-10-5-3-2-4-6-10/h2-6H,7-8,13H2,1H3. The maximum Gasteiger partial charge on any atom is 0.109 e. The number of nitrogens with two attached hydrogens (primary N) is 1. The van der Waals surface area contributed by atoms with Gasteiger partial charge in [-0.05, 0) is 25.3 Å². The lowest BCUT2D eigenvalue weighted by atomic mass is 10.1. The minimum atomic E-state index is 0.864. The average Bonchev–Trinajstić information content (AvgIpc) is 2.56. The Morgan fingerprint density at radius 2 is 1.93 bits per heavy atom. The number of rotatable bonds is 3. The summed E-state index contributed by atoms with van der Waals surface area (Å²) < 4.78 is 0. The van der Waals surface area contributed by atoms with Gasteiger partial charge in [0, 0.05) is 0 Å². The van der Waals surface area contributed by atoms with E-state index >= 15 is 0 Å². The summed E-state index contributed by atoms with van der Waals surface area (Å²) in [6, 6.07) is 10.4. The topological polar surface area (TPSA) is 38.9 Å². The molecule has 0 saturated carbocycles. The molecule has 0 amide bonds. The van der Waals surface area contributed by atoms with Crippen molar-refractivity contribution in [1.82, 2.24) is 4.98 Å². The number of aryl methyl sites for hydroxylation is 3. The van der Waals surface area contributed by atoms with Gasteiger partial charge in [-0.15, -0.1) is 11.3 Å². The summed E-state index contributed by atoms with van der Waals surface area (Å²) in [6.45, 7) is 1.99. The van der Waals surface area contributed by atoms with Crippen molar-refractivity contribution in [3.63, 3.8) is 0 Å². The molecule has 0 bridgehead atoms. The lowest BCUT2D eigenvalue weighted by Gasteiger charge is -1.99. The number of hydrogen-bond acceptors (Lipinski definition) is 3. The molecule has 1 heterocycles. The van der Waals surface area contributed by atoms with Gasteiger partial charge in [0.05, 0.1) is 10.7 Å². The Kier molecular flexibility index (Phi) is 3.02. The second-order valence-electron chi connectivity index (χ2n) is 3.53. The van der Waals surface area contributed by atoms with Crippen molar-refractivity contribution in [1.29, 1.82) is 0 Å². The third kappa shape index (κ3) is 2.57. The summed E-state index contributed by atoms with van der Waals surface area (Å²) in [6.07, 6.45) is 1.94. The van der Waals surface area contributed by atoms with Gasteiger partial charge in [0.15, 0.2) is 0 Å². The quantitative estimate of drug-likeness (QED) is 0.860. The zero-order chi connectivity index (χ0) is 10.7. The Morgan fingerprint density at radius 1 is 1.20 bits per heavy atom. The summed E-state index contributed by atoms with van der Waals surface area (Å²) in [7, 11) is 0. The average molecular weight is 218 g/mol. The van der Waals surface area contributed by atoms with Crippen LogP contribution in [-0.2, 0) is 12.8 Å². The Morgan fingerprint density at radius 3 is 2.53 bits per heavy atom. The molecule has 15 heavy (non-hydrogen) atoms. The Balaban J connectivity index is 2.02. The predicted octanol–water partition coefficient (Wildman–Crippen LogP) is 2.82. The number of aromatic nitrogens is 1. The molecular formula is C12H14N2S. The molecular weight excluding hydrogens is 204 g/mol. The fourth-order valence-electron chi connectivity index (χ4n) is 1.57. The molecule has 2 aromatic rings. The van der Waals surface area contributed by atoms with Gasteiger partial charge in [-0.1, -0.05) is 30.3 Å². The number of hydrogen-bond donors (Lipinski definition) is 1. The molecule has 0 aliphatic heterocycles. The van der Waals surface area contributed by atoms with E-state index < -0.39 is 0 Å². The largest absolute Gasteiger partial charge is 0.389 e. The molecule has 0 fully saturated rings. The molecule has 0 atom stereocenters. The summed E-state index contributed by atoms with van der Waals surface area (Å²) in [5, 5.41) is 1.92. The van der Waals surface area contributed by atoms with Crippen LogP contribution >= 0.6 is 11.3 Å². The van der Waals surface area contributed by atoms with E-state index in [4.69, 9.17) is 5.73 Å². The molecule has 0 saturated heterocycles. The van der Waals surface area contributed by atoms with Crippen molar-refractivity contribution < 1.29 is 0 Å². The highest BCUT2D eigenvalue weighted by molar-refractivity contribution is 7.15. The second-order valence-corrected chi connectivity index (χ2v) is 4.76. The van der Waals surface area contributed by atoms with Gasteiger partial charge in [-0.25, -0.2) is 4.98 Å². The van der Waals surface area contributed by atoms with E-state index in [2.05, 4.69) is 29.2 Å². The van der Waals surface area contributed by atoms with Crippen LogP contribution in [0, 0.1) is 6.92 Å². The minimum Gasteiger partial charge on any atom is -0.389 e. The van der Waals surface area contributed by atoms with Crippen LogP contribution in [0.2, 0.25) is 0 Å². The van der Waals surface area contributed by atoms with Crippen LogP contribution in [0.3, 0.4) is 0 Å². The molecule has 0 spiro atoms. The first-order valence-electron chi connectivity index (χ1n) is 5.01. The normalized spacial score (nSPS) is 10.5. The fraction of sp³-hybridized carbons (Fsp3) is 0.250. The molecule has 2 N–H and O–H groups in total. The van der Waals surface area contributed by atoms with E-state index in [-0.39, 0.29) is 0 Å². The van der Waals surface area contributed by atoms with Crippen molar-refractivity contribution in [2.24, 2.45) is 0 Å². The van der Waals surface area contributed by atoms with Crippen LogP contribution in [-0.4, -0.2) is 4.98 Å². The minimum absolute atomic E-state index is 0.864. The summed E-state index contributed by atoms with van der Waals surface area (Å²) >= 11 is 1.57. The highest BCUT2D eigenvalue weighted by Gasteiger charge is 2.05. The Bertz CT molecular complexity index is 434. The first-order valence-corrected chi connectivity index (χ1v) is 5.83. The van der Waals surface area contributed by atoms with Gasteiger partial charge in [0.25, 0.3) is 0 Å². The van der Waals surface area contributed by atoms with Gasteiger partial charge in [-0.2, -0.15) is 0 Å². The van der Waals surface area contributed by atoms with Crippen LogP contribution < -0.4 is 5.73 Å². The van der Waals surface area contributed by atoms with Crippen molar-refractivity contribution in [2.45, 2.75) is 19.8 Å². The second kappa shape index (κ2) is 4.45. The maximum atomic E-state index is 5.86. The van der Waals surface area contributed by atoms with E-state index in [0.717, 1.165) is 28.5 Å². The molecule has 0 unspecified atom stereocenters. The molecule has 2 rings (SSSR count). The third-order valence-electron chi connectivity index (χ3n) is 2.33. The van der Waals surface area contributed by atoms with E-state index in [0.29, 0.717) is 0 Å². The van der Waals surface area contributed by atoms with E-state index in [9.17, 15) is 0 Å². The first kappa shape index (κ1) is 10.2. The van der Waals surface area contributed by atoms with Gasteiger partial charge in [0.2, 0.25) is 0 Å². The molecule has 1 aromatic heterocycles. The van der Waals surface area contributed by atoms with Crippen molar-refractivity contribution in [3.8, 4) is 0 Å². The highest BCUT2D eigenvalue weighted by Crippen LogP contribution is 2.21. The van der Waals surface area contributed by atoms with Gasteiger partial charge >= 0.3 is 0 Å². The van der Waals surface area contributed by atoms with Gasteiger partial charge in [-0.3, -0.25) is 0 Å². The molecule has 0 aliphatic carbocycles. The molecule has 2 nitrogen and oxygen atoms in total. The monoisotopic (exact) mass is 218 g/mol. The Labute approximate surface area is 93.8 Å². The van der Waals surface area contributed by atoms with Crippen molar-refractivity contribution >= 4 is 16.3 Å². The molecule has 0 radical (unpaired) electrons. The summed E-state index contributed by atoms with van der Waals surface area (Å²) in [5.41, 5.74) is 8.24. The molecule has 3 heteroatoms. The number of nitrogen functional groups attached to an aromatic ring is 1. The van der Waals surface area contributed by atoms with Crippen LogP contribution in [0.25, 0.3) is 0 Å². The Hall–Kier alpha value is -1.35. The smallest absolute Gasteiger partial charge is 0.109 e. The van der Waals surface area contributed by atoms with Gasteiger partial charge < -0.3 is 5.73 Å². The van der Waals surface area contributed by atoms with Crippen LogP contribution in [0.4, 0.5) is 5.00 Å². The van der Waals surface area contributed by atoms with E-state index in [1.807, 2.05) is 13.0 Å². The van der Waals surface area contributed by atoms with Crippen molar-refractivity contribution in [2.75, 3.05) is 5.73 Å². The van der Waals surface area contributed by atoms with Crippen LogP contribution in [0.1, 0.15) is 16.3 Å². The fourth-order valence-corrected chi connectivity index (χ4v) is 2.31. The zero-order valence-corrected chi connectivity index (χ0v) is 9.55. The van der Waals surface area contributed by atoms with E-state index in [1.165, 1.54) is 5.56 Å². The number of benzene rings is 1. The lowest BCUT2D eigenvalue weighted by Crippen LogP contribution is -1.95. The number of anilines is 1. The zero-order valence-electron chi connectivity index (χ0n) is 8.73. The van der Waals surface area contributed by atoms with E-state index in [1.54, 1.807) is 11.3 Å². The maximum absolute atomic E-state index is 5.86. The SMILES string of the molecule is Cc1nc(CCc2ccccc2)c(N)s1. The van der Waals surface area contributed by atoms with Crippen LogP contribution in [0.15, 0.2) is 30.3 Å². The highest BCUT2D eigenvalue weighted by atomic mass is 32.1. The van der Waals surface area contributed by atoms with Crippen molar-refractivity contribution in [3.05, 3.63) is 46.6 Å². The number of nitrogens with zero attached hydrogens (tertiary/aromatic N) is 1. The molecule has 1 aromatic carbocycles. The first-order chi connectivity index (χ1) is 7.25. The van der Waals surface area contributed by atoms with Gasteiger partial charge in [0.1, 0.15) is 5.00 Å². The summed E-state index contributed by atoms with van der Waals surface area (Å²) in [4.78, 5) is 4.42. The predicted molar refractivity (Wildman–Crippen MR) is 65.1 cm³/mol.